The second-order valence-corrected chi connectivity index (χ2v) is 5.71. The number of thiazole rings is 1. The fourth-order valence-electron chi connectivity index (χ4n) is 2.45. The zero-order valence-corrected chi connectivity index (χ0v) is 10.3. The largest absolute Gasteiger partial charge is 0.477 e. The Labute approximate surface area is 99.5 Å². The Morgan fingerprint density at radius 3 is 2.81 bits per heavy atom. The molecule has 1 heterocycles. The molecule has 1 aromatic heterocycles. The van der Waals surface area contributed by atoms with Crippen LogP contribution in [0.1, 0.15) is 52.5 Å². The molecule has 1 fully saturated rings. The van der Waals surface area contributed by atoms with Gasteiger partial charge in [-0.15, -0.1) is 11.3 Å². The molecule has 1 aliphatic rings. The van der Waals surface area contributed by atoms with Crippen LogP contribution in [-0.2, 0) is 6.42 Å². The fourth-order valence-corrected chi connectivity index (χ4v) is 3.25. The van der Waals surface area contributed by atoms with Crippen molar-refractivity contribution in [3.8, 4) is 0 Å². The van der Waals surface area contributed by atoms with Gasteiger partial charge >= 0.3 is 5.97 Å². The van der Waals surface area contributed by atoms with E-state index >= 15 is 0 Å². The van der Waals surface area contributed by atoms with Gasteiger partial charge in [-0.2, -0.15) is 0 Å². The summed E-state index contributed by atoms with van der Waals surface area (Å²) in [5, 5.41) is 9.90. The van der Waals surface area contributed by atoms with Crippen molar-refractivity contribution in [3.05, 3.63) is 15.6 Å². The van der Waals surface area contributed by atoms with Gasteiger partial charge in [-0.05, 0) is 25.7 Å². The number of carboxylic acid groups (broad SMARTS) is 1. The first-order valence-electron chi connectivity index (χ1n) is 5.86. The predicted molar refractivity (Wildman–Crippen MR) is 64.1 cm³/mol. The van der Waals surface area contributed by atoms with E-state index in [1.165, 1.54) is 37.0 Å². The number of carboxylic acids is 1. The maximum absolute atomic E-state index is 11.0. The van der Waals surface area contributed by atoms with Gasteiger partial charge in [-0.1, -0.05) is 25.7 Å². The molecule has 1 N–H and O–H groups in total. The van der Waals surface area contributed by atoms with Crippen molar-refractivity contribution >= 4 is 17.3 Å². The zero-order chi connectivity index (χ0) is 11.5. The molecule has 16 heavy (non-hydrogen) atoms. The van der Waals surface area contributed by atoms with Gasteiger partial charge in [-0.3, -0.25) is 0 Å². The van der Waals surface area contributed by atoms with Crippen LogP contribution in [0.2, 0.25) is 0 Å². The highest BCUT2D eigenvalue weighted by Crippen LogP contribution is 2.29. The first-order valence-corrected chi connectivity index (χ1v) is 6.68. The SMILES string of the molecule is Cc1nc(CCC2CCCC2)c(C(=O)O)s1. The lowest BCUT2D eigenvalue weighted by molar-refractivity contribution is 0.0700. The van der Waals surface area contributed by atoms with Gasteiger partial charge in [0.25, 0.3) is 0 Å². The standard InChI is InChI=1S/C12H17NO2S/c1-8-13-10(11(16-8)12(14)15)7-6-9-4-2-3-5-9/h9H,2-7H2,1H3,(H,14,15). The van der Waals surface area contributed by atoms with Gasteiger partial charge in [0.05, 0.1) is 10.7 Å². The van der Waals surface area contributed by atoms with Crippen LogP contribution in [0.3, 0.4) is 0 Å². The van der Waals surface area contributed by atoms with Crippen LogP contribution < -0.4 is 0 Å². The third-order valence-corrected chi connectivity index (χ3v) is 4.26. The number of hydrogen-bond donors (Lipinski definition) is 1. The Kier molecular flexibility index (Phi) is 3.59. The second-order valence-electron chi connectivity index (χ2n) is 4.50. The first-order chi connectivity index (χ1) is 7.66. The second kappa shape index (κ2) is 4.95. The van der Waals surface area contributed by atoms with Crippen molar-refractivity contribution < 1.29 is 9.90 Å². The van der Waals surface area contributed by atoms with E-state index in [0.717, 1.165) is 29.5 Å². The Morgan fingerprint density at radius 1 is 1.50 bits per heavy atom. The lowest BCUT2D eigenvalue weighted by Gasteiger charge is -2.06. The van der Waals surface area contributed by atoms with Gasteiger partial charge in [0.15, 0.2) is 0 Å². The lowest BCUT2D eigenvalue weighted by Crippen LogP contribution is -2.02. The summed E-state index contributed by atoms with van der Waals surface area (Å²) in [6.45, 7) is 1.87. The van der Waals surface area contributed by atoms with Gasteiger partial charge in [0.2, 0.25) is 0 Å². The Hall–Kier alpha value is -0.900. The molecule has 0 aromatic carbocycles. The van der Waals surface area contributed by atoms with Crippen LogP contribution in [-0.4, -0.2) is 16.1 Å². The number of rotatable bonds is 4. The maximum atomic E-state index is 11.0. The minimum atomic E-state index is -0.827. The summed E-state index contributed by atoms with van der Waals surface area (Å²) >= 11 is 1.29. The van der Waals surface area contributed by atoms with Crippen molar-refractivity contribution in [1.29, 1.82) is 0 Å². The number of aromatic nitrogens is 1. The van der Waals surface area contributed by atoms with E-state index < -0.39 is 5.97 Å². The van der Waals surface area contributed by atoms with Crippen molar-refractivity contribution in [2.24, 2.45) is 5.92 Å². The Balaban J connectivity index is 1.99. The van der Waals surface area contributed by atoms with E-state index in [2.05, 4.69) is 4.98 Å². The quantitative estimate of drug-likeness (QED) is 0.877. The van der Waals surface area contributed by atoms with E-state index in [4.69, 9.17) is 5.11 Å². The van der Waals surface area contributed by atoms with Crippen LogP contribution in [0.4, 0.5) is 0 Å². The fraction of sp³-hybridized carbons (Fsp3) is 0.667. The number of hydrogen-bond acceptors (Lipinski definition) is 3. The Morgan fingerprint density at radius 2 is 2.19 bits per heavy atom. The maximum Gasteiger partial charge on any atom is 0.347 e. The van der Waals surface area contributed by atoms with Crippen LogP contribution >= 0.6 is 11.3 Å². The minimum Gasteiger partial charge on any atom is -0.477 e. The van der Waals surface area contributed by atoms with E-state index in [1.807, 2.05) is 6.92 Å². The van der Waals surface area contributed by atoms with Crippen LogP contribution in [0.15, 0.2) is 0 Å². The molecule has 0 saturated heterocycles. The molecule has 3 nitrogen and oxygen atoms in total. The highest BCUT2D eigenvalue weighted by molar-refractivity contribution is 7.13. The average Bonchev–Trinajstić information content (AvgIpc) is 2.83. The van der Waals surface area contributed by atoms with Gasteiger partial charge < -0.3 is 5.11 Å². The molecule has 0 amide bonds. The number of nitrogens with zero attached hydrogens (tertiary/aromatic N) is 1. The Bertz CT molecular complexity index is 380. The van der Waals surface area contributed by atoms with Gasteiger partial charge in [0.1, 0.15) is 4.88 Å². The lowest BCUT2D eigenvalue weighted by atomic mass is 10.0. The number of aryl methyl sites for hydroxylation is 2. The molecule has 0 spiro atoms. The summed E-state index contributed by atoms with van der Waals surface area (Å²) in [5.74, 6) is -0.0318. The van der Waals surface area contributed by atoms with E-state index in [0.29, 0.717) is 4.88 Å². The predicted octanol–water partition coefficient (Wildman–Crippen LogP) is 3.27. The molecule has 0 aliphatic heterocycles. The average molecular weight is 239 g/mol. The summed E-state index contributed by atoms with van der Waals surface area (Å²) in [7, 11) is 0. The molecule has 4 heteroatoms. The molecule has 88 valence electrons. The van der Waals surface area contributed by atoms with E-state index in [1.54, 1.807) is 0 Å². The monoisotopic (exact) mass is 239 g/mol. The molecule has 0 atom stereocenters. The first kappa shape index (κ1) is 11.6. The highest BCUT2D eigenvalue weighted by Gasteiger charge is 2.19. The molecule has 0 radical (unpaired) electrons. The van der Waals surface area contributed by atoms with Crippen molar-refractivity contribution in [2.45, 2.75) is 45.4 Å². The summed E-state index contributed by atoms with van der Waals surface area (Å²) in [5.41, 5.74) is 0.793. The molecule has 1 saturated carbocycles. The molecule has 1 aromatic rings. The van der Waals surface area contributed by atoms with Crippen molar-refractivity contribution in [3.63, 3.8) is 0 Å². The smallest absolute Gasteiger partial charge is 0.347 e. The van der Waals surface area contributed by atoms with E-state index in [-0.39, 0.29) is 0 Å². The summed E-state index contributed by atoms with van der Waals surface area (Å²) in [4.78, 5) is 15.8. The third-order valence-electron chi connectivity index (χ3n) is 3.26. The molecular weight excluding hydrogens is 222 g/mol. The van der Waals surface area contributed by atoms with Crippen LogP contribution in [0.5, 0.6) is 0 Å². The molecule has 1 aliphatic carbocycles. The summed E-state index contributed by atoms with van der Waals surface area (Å²) in [6.07, 6.45) is 7.23. The summed E-state index contributed by atoms with van der Waals surface area (Å²) < 4.78 is 0. The normalized spacial score (nSPS) is 16.8. The molecule has 0 unspecified atom stereocenters. The van der Waals surface area contributed by atoms with Gasteiger partial charge in [0, 0.05) is 0 Å². The minimum absolute atomic E-state index is 0.440. The summed E-state index contributed by atoms with van der Waals surface area (Å²) in [6, 6.07) is 0. The topological polar surface area (TPSA) is 50.2 Å². The molecule has 2 rings (SSSR count). The molecule has 0 bridgehead atoms. The number of carbonyl (C=O) groups is 1. The zero-order valence-electron chi connectivity index (χ0n) is 9.53. The van der Waals surface area contributed by atoms with Gasteiger partial charge in [-0.25, -0.2) is 9.78 Å². The third kappa shape index (κ3) is 2.61. The van der Waals surface area contributed by atoms with Crippen molar-refractivity contribution in [1.82, 2.24) is 4.98 Å². The number of aromatic carboxylic acids is 1. The van der Waals surface area contributed by atoms with E-state index in [9.17, 15) is 4.79 Å². The van der Waals surface area contributed by atoms with Crippen LogP contribution in [0, 0.1) is 12.8 Å². The van der Waals surface area contributed by atoms with Crippen LogP contribution in [0.25, 0.3) is 0 Å². The highest BCUT2D eigenvalue weighted by atomic mass is 32.1. The molecular formula is C12H17NO2S. The van der Waals surface area contributed by atoms with Crippen molar-refractivity contribution in [2.75, 3.05) is 0 Å².